The molecule has 1 aliphatic rings. The number of piperidine rings is 1. The zero-order chi connectivity index (χ0) is 16.9. The van der Waals surface area contributed by atoms with Gasteiger partial charge in [-0.25, -0.2) is 15.0 Å². The van der Waals surface area contributed by atoms with Gasteiger partial charge in [-0.05, 0) is 31.2 Å². The first-order valence-corrected chi connectivity index (χ1v) is 8.75. The average molecular weight is 346 g/mol. The van der Waals surface area contributed by atoms with E-state index in [1.165, 1.54) is 11.3 Å². The number of rotatable bonds is 5. The lowest BCUT2D eigenvalue weighted by atomic mass is 9.93. The smallest absolute Gasteiger partial charge is 0.303 e. The van der Waals surface area contributed by atoms with Gasteiger partial charge >= 0.3 is 5.97 Å². The van der Waals surface area contributed by atoms with Crippen LogP contribution in [0.15, 0.2) is 23.8 Å². The van der Waals surface area contributed by atoms with E-state index < -0.39 is 5.97 Å². The average Bonchev–Trinajstić information content (AvgIpc) is 3.10. The van der Waals surface area contributed by atoms with Crippen molar-refractivity contribution in [1.82, 2.24) is 19.9 Å². The van der Waals surface area contributed by atoms with Crippen molar-refractivity contribution in [3.05, 3.63) is 29.5 Å². The van der Waals surface area contributed by atoms with Gasteiger partial charge in [0.2, 0.25) is 0 Å². The Labute approximate surface area is 143 Å². The summed E-state index contributed by atoms with van der Waals surface area (Å²) in [6.45, 7) is 1.29. The molecule has 1 N–H and O–H groups in total. The van der Waals surface area contributed by atoms with E-state index in [1.54, 1.807) is 28.7 Å². The van der Waals surface area contributed by atoms with E-state index in [9.17, 15) is 9.59 Å². The summed E-state index contributed by atoms with van der Waals surface area (Å²) < 4.78 is 0. The van der Waals surface area contributed by atoms with Crippen molar-refractivity contribution < 1.29 is 14.7 Å². The third-order valence-electron chi connectivity index (χ3n) is 4.05. The molecule has 2 aromatic rings. The number of amides is 1. The van der Waals surface area contributed by atoms with Crippen LogP contribution in [0.5, 0.6) is 0 Å². The van der Waals surface area contributed by atoms with E-state index in [-0.39, 0.29) is 18.2 Å². The maximum absolute atomic E-state index is 12.6. The van der Waals surface area contributed by atoms with Crippen molar-refractivity contribution in [3.63, 3.8) is 0 Å². The van der Waals surface area contributed by atoms with Crippen molar-refractivity contribution in [2.24, 2.45) is 5.92 Å². The minimum Gasteiger partial charge on any atom is -0.481 e. The SMILES string of the molecule is O=C(O)CC[C@@H]1CCCN(C(=O)c2csc(-c3ncccn3)n2)C1. The lowest BCUT2D eigenvalue weighted by Gasteiger charge is -2.32. The molecule has 0 radical (unpaired) electrons. The predicted octanol–water partition coefficient (Wildman–Crippen LogP) is 2.32. The molecule has 0 saturated carbocycles. The molecule has 3 heterocycles. The van der Waals surface area contributed by atoms with Crippen LogP contribution in [0.3, 0.4) is 0 Å². The van der Waals surface area contributed by atoms with Crippen LogP contribution < -0.4 is 0 Å². The second-order valence-corrected chi connectivity index (χ2v) is 6.66. The van der Waals surface area contributed by atoms with Gasteiger partial charge in [0.15, 0.2) is 10.8 Å². The molecule has 7 nitrogen and oxygen atoms in total. The summed E-state index contributed by atoms with van der Waals surface area (Å²) in [5.41, 5.74) is 0.404. The molecule has 126 valence electrons. The Morgan fingerprint density at radius 1 is 1.33 bits per heavy atom. The maximum atomic E-state index is 12.6. The van der Waals surface area contributed by atoms with Crippen LogP contribution in [-0.4, -0.2) is 49.9 Å². The number of carbonyl (C=O) groups is 2. The number of hydrogen-bond donors (Lipinski definition) is 1. The fourth-order valence-corrected chi connectivity index (χ4v) is 3.60. The number of likely N-dealkylation sites (tertiary alicyclic amines) is 1. The first-order valence-electron chi connectivity index (χ1n) is 7.87. The molecule has 0 bridgehead atoms. The second-order valence-electron chi connectivity index (χ2n) is 5.80. The van der Waals surface area contributed by atoms with Crippen molar-refractivity contribution in [3.8, 4) is 10.8 Å². The van der Waals surface area contributed by atoms with Gasteiger partial charge in [0.1, 0.15) is 5.69 Å². The van der Waals surface area contributed by atoms with E-state index in [0.29, 0.717) is 36.0 Å². The highest BCUT2D eigenvalue weighted by molar-refractivity contribution is 7.13. The van der Waals surface area contributed by atoms with Gasteiger partial charge in [0, 0.05) is 37.3 Å². The molecule has 3 rings (SSSR count). The highest BCUT2D eigenvalue weighted by atomic mass is 32.1. The monoisotopic (exact) mass is 346 g/mol. The van der Waals surface area contributed by atoms with Crippen LogP contribution in [0.4, 0.5) is 0 Å². The summed E-state index contributed by atoms with van der Waals surface area (Å²) in [5, 5.41) is 11.2. The van der Waals surface area contributed by atoms with Crippen molar-refractivity contribution in [2.45, 2.75) is 25.7 Å². The molecular weight excluding hydrogens is 328 g/mol. The van der Waals surface area contributed by atoms with Gasteiger partial charge < -0.3 is 10.0 Å². The predicted molar refractivity (Wildman–Crippen MR) is 88.6 cm³/mol. The summed E-state index contributed by atoms with van der Waals surface area (Å²) in [6.07, 6.45) is 5.91. The molecule has 2 aromatic heterocycles. The molecule has 24 heavy (non-hydrogen) atoms. The van der Waals surface area contributed by atoms with E-state index in [0.717, 1.165) is 12.8 Å². The van der Waals surface area contributed by atoms with E-state index in [1.807, 2.05) is 0 Å². The van der Waals surface area contributed by atoms with Crippen LogP contribution in [0.25, 0.3) is 10.8 Å². The lowest BCUT2D eigenvalue weighted by molar-refractivity contribution is -0.137. The first-order chi connectivity index (χ1) is 11.6. The number of carboxylic acid groups (broad SMARTS) is 1. The number of nitrogens with zero attached hydrogens (tertiary/aromatic N) is 4. The highest BCUT2D eigenvalue weighted by Gasteiger charge is 2.26. The summed E-state index contributed by atoms with van der Waals surface area (Å²) >= 11 is 1.35. The summed E-state index contributed by atoms with van der Waals surface area (Å²) in [5.74, 6) is -0.132. The molecule has 1 fully saturated rings. The highest BCUT2D eigenvalue weighted by Crippen LogP contribution is 2.24. The van der Waals surface area contributed by atoms with Crippen LogP contribution >= 0.6 is 11.3 Å². The molecule has 0 aromatic carbocycles. The van der Waals surface area contributed by atoms with Gasteiger partial charge in [-0.1, -0.05) is 0 Å². The molecule has 8 heteroatoms. The fraction of sp³-hybridized carbons (Fsp3) is 0.438. The number of carbonyl (C=O) groups excluding carboxylic acids is 1. The Bertz CT molecular complexity index is 719. The Morgan fingerprint density at radius 2 is 2.12 bits per heavy atom. The molecule has 1 amide bonds. The number of hydrogen-bond acceptors (Lipinski definition) is 6. The van der Waals surface area contributed by atoms with Gasteiger partial charge in [-0.15, -0.1) is 11.3 Å². The zero-order valence-corrected chi connectivity index (χ0v) is 13.9. The first kappa shape index (κ1) is 16.5. The Morgan fingerprint density at radius 3 is 2.88 bits per heavy atom. The molecule has 1 aliphatic heterocycles. The van der Waals surface area contributed by atoms with E-state index in [4.69, 9.17) is 5.11 Å². The molecule has 0 unspecified atom stereocenters. The largest absolute Gasteiger partial charge is 0.481 e. The molecule has 1 saturated heterocycles. The van der Waals surface area contributed by atoms with Crippen molar-refractivity contribution in [1.29, 1.82) is 0 Å². The third-order valence-corrected chi connectivity index (χ3v) is 4.89. The van der Waals surface area contributed by atoms with Gasteiger partial charge in [-0.2, -0.15) is 0 Å². The van der Waals surface area contributed by atoms with Crippen LogP contribution in [-0.2, 0) is 4.79 Å². The van der Waals surface area contributed by atoms with Gasteiger partial charge in [-0.3, -0.25) is 9.59 Å². The zero-order valence-electron chi connectivity index (χ0n) is 13.1. The Hall–Kier alpha value is -2.35. The molecular formula is C16H18N4O3S. The second kappa shape index (κ2) is 7.48. The minimum atomic E-state index is -0.787. The quantitative estimate of drug-likeness (QED) is 0.892. The maximum Gasteiger partial charge on any atom is 0.303 e. The summed E-state index contributed by atoms with van der Waals surface area (Å²) in [6, 6.07) is 1.73. The molecule has 1 atom stereocenters. The van der Waals surface area contributed by atoms with E-state index in [2.05, 4.69) is 15.0 Å². The molecule has 0 aliphatic carbocycles. The van der Waals surface area contributed by atoms with Crippen LogP contribution in [0, 0.1) is 5.92 Å². The number of carboxylic acids is 1. The van der Waals surface area contributed by atoms with Gasteiger partial charge in [0.25, 0.3) is 5.91 Å². The topological polar surface area (TPSA) is 96.3 Å². The minimum absolute atomic E-state index is 0.103. The van der Waals surface area contributed by atoms with Crippen LogP contribution in [0.2, 0.25) is 0 Å². The third kappa shape index (κ3) is 3.94. The van der Waals surface area contributed by atoms with Crippen molar-refractivity contribution in [2.75, 3.05) is 13.1 Å². The Balaban J connectivity index is 1.66. The Kier molecular flexibility index (Phi) is 5.14. The normalized spacial score (nSPS) is 17.7. The van der Waals surface area contributed by atoms with Gasteiger partial charge in [0.05, 0.1) is 0 Å². The van der Waals surface area contributed by atoms with Crippen molar-refractivity contribution >= 4 is 23.2 Å². The summed E-state index contributed by atoms with van der Waals surface area (Å²) in [7, 11) is 0. The number of aliphatic carboxylic acids is 1. The van der Waals surface area contributed by atoms with E-state index >= 15 is 0 Å². The molecule has 0 spiro atoms. The summed E-state index contributed by atoms with van der Waals surface area (Å²) in [4.78, 5) is 37.8. The van der Waals surface area contributed by atoms with Crippen LogP contribution in [0.1, 0.15) is 36.2 Å². The fourth-order valence-electron chi connectivity index (χ4n) is 2.86. The number of aromatic nitrogens is 3. The number of thiazole rings is 1. The standard InChI is InChI=1S/C16H18N4O3S/c21-13(22)5-4-11-3-1-8-20(9-11)16(23)12-10-24-15(19-12)14-17-6-2-7-18-14/h2,6-7,10-11H,1,3-5,8-9H2,(H,21,22)/t11-/m0/s1. The lowest BCUT2D eigenvalue weighted by Crippen LogP contribution is -2.40.